The summed E-state index contributed by atoms with van der Waals surface area (Å²) in [6.45, 7) is 1.72. The molecule has 0 saturated heterocycles. The number of aromatic amines is 1. The maximum Gasteiger partial charge on any atom is 0.264 e. The van der Waals surface area contributed by atoms with Crippen molar-refractivity contribution in [1.29, 1.82) is 0 Å². The minimum Gasteiger partial charge on any atom is -0.497 e. The lowest BCUT2D eigenvalue weighted by atomic mass is 10.2. The predicted octanol–water partition coefficient (Wildman–Crippen LogP) is 2.66. The third-order valence-electron chi connectivity index (χ3n) is 3.39. The summed E-state index contributed by atoms with van der Waals surface area (Å²) >= 11 is 5.16. The third kappa shape index (κ3) is 3.36. The number of methoxy groups -OCH3 is 1. The van der Waals surface area contributed by atoms with Gasteiger partial charge in [-0.3, -0.25) is 14.3 Å². The number of hydrogen-bond acceptors (Lipinski definition) is 7. The molecule has 0 aliphatic rings. The molecular formula is C16H14N4O4S. The van der Waals surface area contributed by atoms with Crippen molar-refractivity contribution in [3.63, 3.8) is 0 Å². The Morgan fingerprint density at radius 2 is 2.12 bits per heavy atom. The summed E-state index contributed by atoms with van der Waals surface area (Å²) in [5, 5.41) is 14.2. The van der Waals surface area contributed by atoms with Gasteiger partial charge in [0.1, 0.15) is 17.1 Å². The van der Waals surface area contributed by atoms with Crippen LogP contribution in [-0.4, -0.2) is 33.1 Å². The van der Waals surface area contributed by atoms with Crippen molar-refractivity contribution in [3.05, 3.63) is 56.8 Å². The van der Waals surface area contributed by atoms with Crippen molar-refractivity contribution >= 4 is 24.3 Å². The maximum absolute atomic E-state index is 12.1. The Kier molecular flexibility index (Phi) is 4.48. The van der Waals surface area contributed by atoms with Gasteiger partial charge in [-0.15, -0.1) is 0 Å². The largest absolute Gasteiger partial charge is 0.497 e. The molecule has 0 spiro atoms. The second-order valence-electron chi connectivity index (χ2n) is 5.08. The van der Waals surface area contributed by atoms with Gasteiger partial charge >= 0.3 is 0 Å². The third-order valence-corrected chi connectivity index (χ3v) is 3.68. The van der Waals surface area contributed by atoms with Gasteiger partial charge in [-0.2, -0.15) is 0 Å². The fourth-order valence-electron chi connectivity index (χ4n) is 2.17. The van der Waals surface area contributed by atoms with Gasteiger partial charge in [0.2, 0.25) is 5.88 Å². The number of nitrogens with one attached hydrogen (secondary N) is 1. The molecule has 0 bridgehead atoms. The molecule has 0 atom stereocenters. The quantitative estimate of drug-likeness (QED) is 0.549. The molecule has 3 aromatic rings. The topological polar surface area (TPSA) is 106 Å². The van der Waals surface area contributed by atoms with Crippen LogP contribution in [0.1, 0.15) is 11.3 Å². The molecule has 9 heteroatoms. The van der Waals surface area contributed by atoms with Crippen molar-refractivity contribution < 1.29 is 14.4 Å². The van der Waals surface area contributed by atoms with E-state index in [1.165, 1.54) is 10.8 Å². The summed E-state index contributed by atoms with van der Waals surface area (Å²) in [4.78, 5) is 18.7. The fourth-order valence-corrected chi connectivity index (χ4v) is 2.46. The molecule has 0 saturated carbocycles. The van der Waals surface area contributed by atoms with Crippen LogP contribution in [0, 0.1) is 11.7 Å². The molecule has 0 aliphatic heterocycles. The second-order valence-corrected chi connectivity index (χ2v) is 5.47. The average molecular weight is 358 g/mol. The first-order valence-electron chi connectivity index (χ1n) is 7.19. The van der Waals surface area contributed by atoms with Crippen LogP contribution >= 0.6 is 12.2 Å². The number of aromatic hydroxyl groups is 1. The smallest absolute Gasteiger partial charge is 0.264 e. The summed E-state index contributed by atoms with van der Waals surface area (Å²) in [6, 6.07) is 8.44. The first-order chi connectivity index (χ1) is 12.0. The molecule has 0 aliphatic carbocycles. The zero-order valence-electron chi connectivity index (χ0n) is 13.4. The van der Waals surface area contributed by atoms with E-state index >= 15 is 0 Å². The van der Waals surface area contributed by atoms with Crippen LogP contribution in [0.5, 0.6) is 11.6 Å². The summed E-state index contributed by atoms with van der Waals surface area (Å²) < 4.78 is 11.4. The summed E-state index contributed by atoms with van der Waals surface area (Å²) in [5.41, 5.74) is -0.0484. The van der Waals surface area contributed by atoms with Crippen molar-refractivity contribution in [3.8, 4) is 17.3 Å². The highest BCUT2D eigenvalue weighted by Gasteiger charge is 2.13. The molecule has 2 N–H and O–H groups in total. The Labute approximate surface area is 147 Å². The van der Waals surface area contributed by atoms with Crippen molar-refractivity contribution in [2.75, 3.05) is 7.11 Å². The number of aliphatic imine (C=N–C) groups is 1. The lowest BCUT2D eigenvalue weighted by Gasteiger charge is -2.11. The van der Waals surface area contributed by atoms with Crippen LogP contribution in [0.4, 0.5) is 5.82 Å². The molecule has 0 unspecified atom stereocenters. The number of ether oxygens (including phenoxy) is 1. The average Bonchev–Trinajstić information content (AvgIpc) is 3.00. The fraction of sp³-hybridized carbons (Fsp3) is 0.125. The van der Waals surface area contributed by atoms with Crippen LogP contribution in [-0.2, 0) is 0 Å². The maximum atomic E-state index is 12.1. The standard InChI is InChI=1S/C16H14N4O4S/c1-9-7-13(19-24-9)17-8-12-14(21)18-16(25)20(15(12)22)10-3-5-11(23-2)6-4-10/h3-8,22H,1-2H3,(H,18,21,25). The Balaban J connectivity index is 2.09. The minimum atomic E-state index is -0.559. The number of aromatic nitrogens is 3. The number of benzene rings is 1. The molecular weight excluding hydrogens is 344 g/mol. The zero-order valence-corrected chi connectivity index (χ0v) is 14.2. The van der Waals surface area contributed by atoms with E-state index in [1.807, 2.05) is 0 Å². The van der Waals surface area contributed by atoms with Crippen LogP contribution in [0.2, 0.25) is 0 Å². The van der Waals surface area contributed by atoms with E-state index in [9.17, 15) is 9.90 Å². The monoisotopic (exact) mass is 358 g/mol. The Morgan fingerprint density at radius 3 is 2.72 bits per heavy atom. The van der Waals surface area contributed by atoms with Crippen LogP contribution in [0.25, 0.3) is 5.69 Å². The van der Waals surface area contributed by atoms with Gasteiger partial charge in [0.15, 0.2) is 10.6 Å². The molecule has 8 nitrogen and oxygen atoms in total. The Morgan fingerprint density at radius 1 is 1.40 bits per heavy atom. The van der Waals surface area contributed by atoms with Crippen molar-refractivity contribution in [2.24, 2.45) is 4.99 Å². The highest BCUT2D eigenvalue weighted by molar-refractivity contribution is 7.71. The van der Waals surface area contributed by atoms with Gasteiger partial charge in [0.25, 0.3) is 5.56 Å². The summed E-state index contributed by atoms with van der Waals surface area (Å²) in [7, 11) is 1.55. The lowest BCUT2D eigenvalue weighted by molar-refractivity contribution is 0.399. The first kappa shape index (κ1) is 16.7. The predicted molar refractivity (Wildman–Crippen MR) is 93.9 cm³/mol. The van der Waals surface area contributed by atoms with E-state index in [4.69, 9.17) is 21.5 Å². The summed E-state index contributed by atoms with van der Waals surface area (Å²) in [6.07, 6.45) is 1.21. The lowest BCUT2D eigenvalue weighted by Crippen LogP contribution is -2.18. The van der Waals surface area contributed by atoms with Crippen LogP contribution in [0.15, 0.2) is 44.6 Å². The van der Waals surface area contributed by atoms with E-state index in [0.717, 1.165) is 0 Å². The van der Waals surface area contributed by atoms with E-state index in [-0.39, 0.29) is 22.0 Å². The van der Waals surface area contributed by atoms with E-state index in [1.54, 1.807) is 44.4 Å². The van der Waals surface area contributed by atoms with Crippen molar-refractivity contribution in [2.45, 2.75) is 6.92 Å². The van der Waals surface area contributed by atoms with Gasteiger partial charge in [-0.25, -0.2) is 4.99 Å². The zero-order chi connectivity index (χ0) is 18.0. The van der Waals surface area contributed by atoms with Crippen LogP contribution in [0.3, 0.4) is 0 Å². The first-order valence-corrected chi connectivity index (χ1v) is 7.60. The van der Waals surface area contributed by atoms with Crippen LogP contribution < -0.4 is 10.3 Å². The molecule has 1 aromatic carbocycles. The number of aryl methyl sites for hydroxylation is 1. The Bertz CT molecular complexity index is 1050. The number of rotatable bonds is 4. The van der Waals surface area contributed by atoms with Gasteiger partial charge < -0.3 is 14.4 Å². The molecule has 25 heavy (non-hydrogen) atoms. The molecule has 128 valence electrons. The second kappa shape index (κ2) is 6.73. The SMILES string of the molecule is COc1ccc(-n2c(O)c(C=Nc3cc(C)on3)c(=O)[nH]c2=S)cc1. The normalized spacial score (nSPS) is 11.1. The van der Waals surface area contributed by atoms with Gasteiger partial charge in [0.05, 0.1) is 12.8 Å². The molecule has 2 heterocycles. The van der Waals surface area contributed by atoms with E-state index in [2.05, 4.69) is 15.1 Å². The highest BCUT2D eigenvalue weighted by Crippen LogP contribution is 2.21. The van der Waals surface area contributed by atoms with Gasteiger partial charge in [0, 0.05) is 12.3 Å². The number of nitrogens with zero attached hydrogens (tertiary/aromatic N) is 3. The molecule has 0 amide bonds. The van der Waals surface area contributed by atoms with E-state index in [0.29, 0.717) is 17.2 Å². The van der Waals surface area contributed by atoms with Gasteiger partial charge in [-0.05, 0) is 43.4 Å². The number of hydrogen-bond donors (Lipinski definition) is 2. The molecule has 0 radical (unpaired) electrons. The molecule has 2 aromatic heterocycles. The molecule has 3 rings (SSSR count). The molecule has 0 fully saturated rings. The summed E-state index contributed by atoms with van der Waals surface area (Å²) in [5.74, 6) is 1.19. The van der Waals surface area contributed by atoms with E-state index < -0.39 is 5.56 Å². The Hall–Kier alpha value is -3.20. The number of H-pyrrole nitrogens is 1. The van der Waals surface area contributed by atoms with Gasteiger partial charge in [-0.1, -0.05) is 5.16 Å². The minimum absolute atomic E-state index is 0.0509. The van der Waals surface area contributed by atoms with Crippen molar-refractivity contribution in [1.82, 2.24) is 14.7 Å². The highest BCUT2D eigenvalue weighted by atomic mass is 32.1.